The van der Waals surface area contributed by atoms with Crippen LogP contribution in [-0.2, 0) is 24.2 Å². The number of amides is 3. The fourth-order valence-electron chi connectivity index (χ4n) is 5.77. The fourth-order valence-corrected chi connectivity index (χ4v) is 5.77. The highest BCUT2D eigenvalue weighted by molar-refractivity contribution is 6.07. The Hall–Kier alpha value is -3.06. The number of methoxy groups -OCH3 is 1. The number of para-hydroxylation sites is 1. The molecule has 1 aliphatic carbocycles. The van der Waals surface area contributed by atoms with Crippen LogP contribution in [0.2, 0.25) is 0 Å². The number of aromatic hydroxyl groups is 1. The van der Waals surface area contributed by atoms with E-state index in [1.165, 1.54) is 16.0 Å². The van der Waals surface area contributed by atoms with Crippen molar-refractivity contribution in [2.75, 3.05) is 20.2 Å². The first-order valence-electron chi connectivity index (χ1n) is 11.7. The number of fused-ring (bicyclic) bond motifs is 1. The number of carbonyl (C=O) groups is 2. The number of rotatable bonds is 5. The maximum atomic E-state index is 13.5. The van der Waals surface area contributed by atoms with Crippen LogP contribution in [-0.4, -0.2) is 58.6 Å². The topological polar surface area (TPSA) is 82.1 Å². The maximum Gasteiger partial charge on any atom is 0.325 e. The number of ether oxygens (including phenoxy) is 1. The van der Waals surface area contributed by atoms with Gasteiger partial charge in [0.05, 0.1) is 7.11 Å². The molecule has 7 nitrogen and oxygen atoms in total. The lowest BCUT2D eigenvalue weighted by atomic mass is 9.78. The number of urea groups is 1. The van der Waals surface area contributed by atoms with E-state index in [9.17, 15) is 14.7 Å². The van der Waals surface area contributed by atoms with Crippen molar-refractivity contribution in [3.8, 4) is 11.5 Å². The fraction of sp³-hybridized carbons (Fsp3) is 0.462. The van der Waals surface area contributed by atoms with Gasteiger partial charge in [-0.1, -0.05) is 36.4 Å². The average Bonchev–Trinajstić information content (AvgIpc) is 3.33. The molecule has 3 amide bonds. The van der Waals surface area contributed by atoms with Gasteiger partial charge >= 0.3 is 6.03 Å². The Morgan fingerprint density at radius 2 is 1.73 bits per heavy atom. The van der Waals surface area contributed by atoms with Crippen molar-refractivity contribution in [3.63, 3.8) is 0 Å². The first-order chi connectivity index (χ1) is 15.9. The zero-order valence-electron chi connectivity index (χ0n) is 19.2. The smallest absolute Gasteiger partial charge is 0.325 e. The molecule has 2 aromatic carbocycles. The van der Waals surface area contributed by atoms with Crippen molar-refractivity contribution in [2.24, 2.45) is 5.92 Å². The predicted octanol–water partition coefficient (Wildman–Crippen LogP) is 3.09. The summed E-state index contributed by atoms with van der Waals surface area (Å²) >= 11 is 0. The number of phenols is 1. The summed E-state index contributed by atoms with van der Waals surface area (Å²) in [6, 6.07) is 13.4. The Kier molecular flexibility index (Phi) is 5.52. The molecule has 0 unspecified atom stereocenters. The van der Waals surface area contributed by atoms with Crippen LogP contribution >= 0.6 is 0 Å². The lowest BCUT2D eigenvalue weighted by Crippen LogP contribution is -2.54. The van der Waals surface area contributed by atoms with Gasteiger partial charge in [-0.05, 0) is 68.8 Å². The van der Waals surface area contributed by atoms with Crippen molar-refractivity contribution in [1.29, 1.82) is 0 Å². The number of imide groups is 1. The van der Waals surface area contributed by atoms with Crippen LogP contribution in [0.3, 0.4) is 0 Å². The van der Waals surface area contributed by atoms with Crippen LogP contribution in [0, 0.1) is 5.92 Å². The molecule has 0 bridgehead atoms. The first kappa shape index (κ1) is 21.8. The summed E-state index contributed by atoms with van der Waals surface area (Å²) in [5.41, 5.74) is 2.42. The molecule has 5 rings (SSSR count). The zero-order valence-corrected chi connectivity index (χ0v) is 19.2. The van der Waals surface area contributed by atoms with E-state index in [0.717, 1.165) is 44.3 Å². The third-order valence-electron chi connectivity index (χ3n) is 7.74. The van der Waals surface area contributed by atoms with Gasteiger partial charge in [-0.2, -0.15) is 0 Å². The van der Waals surface area contributed by atoms with Gasteiger partial charge in [-0.3, -0.25) is 14.6 Å². The average molecular weight is 450 g/mol. The molecule has 1 atom stereocenters. The Morgan fingerprint density at radius 1 is 1.06 bits per heavy atom. The molecule has 2 aliphatic heterocycles. The van der Waals surface area contributed by atoms with Gasteiger partial charge in [0.25, 0.3) is 5.91 Å². The molecule has 2 aromatic rings. The van der Waals surface area contributed by atoms with Gasteiger partial charge in [0.15, 0.2) is 11.5 Å². The quantitative estimate of drug-likeness (QED) is 0.686. The Balaban J connectivity index is 1.24. The second-order valence-electron chi connectivity index (χ2n) is 9.66. The highest BCUT2D eigenvalue weighted by Gasteiger charge is 2.55. The van der Waals surface area contributed by atoms with E-state index in [4.69, 9.17) is 4.74 Å². The second kappa shape index (κ2) is 8.37. The maximum absolute atomic E-state index is 13.5. The predicted molar refractivity (Wildman–Crippen MR) is 124 cm³/mol. The molecule has 0 spiro atoms. The van der Waals surface area contributed by atoms with E-state index < -0.39 is 5.54 Å². The van der Waals surface area contributed by atoms with Crippen molar-refractivity contribution in [1.82, 2.24) is 15.1 Å². The van der Waals surface area contributed by atoms with Crippen molar-refractivity contribution >= 4 is 11.9 Å². The van der Waals surface area contributed by atoms with Crippen molar-refractivity contribution in [3.05, 3.63) is 59.2 Å². The summed E-state index contributed by atoms with van der Waals surface area (Å²) in [7, 11) is 1.55. The largest absolute Gasteiger partial charge is 0.504 e. The van der Waals surface area contributed by atoms with E-state index >= 15 is 0 Å². The summed E-state index contributed by atoms with van der Waals surface area (Å²) in [4.78, 5) is 30.2. The van der Waals surface area contributed by atoms with Gasteiger partial charge in [-0.15, -0.1) is 0 Å². The number of carbonyl (C=O) groups excluding carboxylic acids is 2. The molecule has 0 saturated carbocycles. The van der Waals surface area contributed by atoms with E-state index in [1.807, 2.05) is 31.2 Å². The Bertz CT molecular complexity index is 1050. The molecule has 3 aliphatic rings. The molecular formula is C26H31N3O4. The summed E-state index contributed by atoms with van der Waals surface area (Å²) < 4.78 is 5.22. The van der Waals surface area contributed by atoms with Gasteiger partial charge < -0.3 is 15.2 Å². The lowest BCUT2D eigenvalue weighted by Gasteiger charge is -2.39. The highest BCUT2D eigenvalue weighted by atomic mass is 16.5. The van der Waals surface area contributed by atoms with E-state index in [0.29, 0.717) is 12.3 Å². The van der Waals surface area contributed by atoms with Crippen LogP contribution in [0.5, 0.6) is 11.5 Å². The molecule has 0 radical (unpaired) electrons. The van der Waals surface area contributed by atoms with Gasteiger partial charge in [0.1, 0.15) is 5.54 Å². The number of piperidine rings is 1. The molecule has 2 N–H and O–H groups in total. The van der Waals surface area contributed by atoms with Crippen molar-refractivity contribution in [2.45, 2.75) is 50.7 Å². The summed E-state index contributed by atoms with van der Waals surface area (Å²) in [6.07, 6.45) is 3.08. The van der Waals surface area contributed by atoms with E-state index in [1.54, 1.807) is 13.2 Å². The number of benzene rings is 2. The lowest BCUT2D eigenvalue weighted by molar-refractivity contribution is -0.134. The number of likely N-dealkylation sites (tertiary alicyclic amines) is 1. The molecule has 0 aromatic heterocycles. The molecule has 2 heterocycles. The highest BCUT2D eigenvalue weighted by Crippen LogP contribution is 2.37. The SMILES string of the molecule is COc1cccc(CN2CCC([C@]3(C)NC(=O)N(C4Cc5ccccc5C4)C3=O)CC2)c1O. The Morgan fingerprint density at radius 3 is 2.36 bits per heavy atom. The van der Waals surface area contributed by atoms with E-state index in [-0.39, 0.29) is 29.6 Å². The third-order valence-corrected chi connectivity index (χ3v) is 7.74. The van der Waals surface area contributed by atoms with Crippen LogP contribution < -0.4 is 10.1 Å². The normalized spacial score (nSPS) is 24.2. The first-order valence-corrected chi connectivity index (χ1v) is 11.7. The Labute approximate surface area is 194 Å². The molecule has 2 saturated heterocycles. The molecule has 174 valence electrons. The minimum atomic E-state index is -0.865. The second-order valence-corrected chi connectivity index (χ2v) is 9.66. The third kappa shape index (κ3) is 3.74. The molecule has 33 heavy (non-hydrogen) atoms. The summed E-state index contributed by atoms with van der Waals surface area (Å²) in [5.74, 6) is 0.649. The summed E-state index contributed by atoms with van der Waals surface area (Å²) in [5, 5.41) is 13.5. The number of nitrogens with one attached hydrogen (secondary N) is 1. The van der Waals surface area contributed by atoms with Crippen molar-refractivity contribution < 1.29 is 19.4 Å². The van der Waals surface area contributed by atoms with Crippen LogP contribution in [0.25, 0.3) is 0 Å². The molecular weight excluding hydrogens is 418 g/mol. The van der Waals surface area contributed by atoms with Gasteiger partial charge in [0, 0.05) is 18.2 Å². The van der Waals surface area contributed by atoms with Gasteiger partial charge in [-0.25, -0.2) is 4.79 Å². The van der Waals surface area contributed by atoms with Crippen LogP contribution in [0.1, 0.15) is 36.5 Å². The number of phenolic OH excluding ortho intramolecular Hbond substituents is 1. The van der Waals surface area contributed by atoms with Crippen LogP contribution in [0.4, 0.5) is 4.79 Å². The van der Waals surface area contributed by atoms with E-state index in [2.05, 4.69) is 22.3 Å². The minimum Gasteiger partial charge on any atom is -0.504 e. The molecule has 7 heteroatoms. The summed E-state index contributed by atoms with van der Waals surface area (Å²) in [6.45, 7) is 4.12. The number of hydrogen-bond acceptors (Lipinski definition) is 5. The standard InChI is InChI=1S/C26H31N3O4/c1-26(20-10-12-28(13-11-20)16-19-8-5-9-22(33-2)23(19)30)24(31)29(25(32)27-26)21-14-17-6-3-4-7-18(17)15-21/h3-9,20-21,30H,10-16H2,1-2H3,(H,27,32)/t26-/m0/s1. The van der Waals surface area contributed by atoms with Gasteiger partial charge in [0.2, 0.25) is 0 Å². The zero-order chi connectivity index (χ0) is 23.2. The van der Waals surface area contributed by atoms with Crippen LogP contribution in [0.15, 0.2) is 42.5 Å². The minimum absolute atomic E-state index is 0.0814. The molecule has 2 fully saturated rings. The monoisotopic (exact) mass is 449 g/mol. The number of hydrogen-bond donors (Lipinski definition) is 2. The number of nitrogens with zero attached hydrogens (tertiary/aromatic N) is 2.